The summed E-state index contributed by atoms with van der Waals surface area (Å²) in [5.41, 5.74) is 0.243. The number of ether oxygens (including phenoxy) is 3. The second-order valence-electron chi connectivity index (χ2n) is 8.07. The summed E-state index contributed by atoms with van der Waals surface area (Å²) in [5.74, 6) is -2.65. The van der Waals surface area contributed by atoms with Crippen molar-refractivity contribution in [2.45, 2.75) is 77.8 Å². The average Bonchev–Trinajstić information content (AvgIpc) is 2.86. The van der Waals surface area contributed by atoms with Crippen LogP contribution in [0.25, 0.3) is 0 Å². The zero-order valence-electron chi connectivity index (χ0n) is 17.7. The van der Waals surface area contributed by atoms with Gasteiger partial charge in [0.1, 0.15) is 18.3 Å². The van der Waals surface area contributed by atoms with Crippen LogP contribution in [0, 0.1) is 5.92 Å². The van der Waals surface area contributed by atoms with Gasteiger partial charge in [0, 0.05) is 18.9 Å². The lowest BCUT2D eigenvalue weighted by molar-refractivity contribution is -0.188. The molecule has 1 N–H and O–H groups in total. The Bertz CT molecular complexity index is 759. The zero-order chi connectivity index (χ0) is 21.9. The predicted molar refractivity (Wildman–Crippen MR) is 106 cm³/mol. The maximum atomic E-state index is 12.8. The standard InChI is InChI=1S/C22H30O7/c1-12-8-7-9-13(2)11-18(19-14(3)20(24)28-17(19)10-12)29-21(25)22(6,26)15(4)27-16(5)23/h9-10,15,17-19,26H,3,7-8,11H2,1-2,4-6H3/b12-10+,13-9-/t15-,17+,18+,19+,22+/m1/s1. The van der Waals surface area contributed by atoms with Gasteiger partial charge < -0.3 is 19.3 Å². The Morgan fingerprint density at radius 3 is 2.62 bits per heavy atom. The molecule has 0 aromatic heterocycles. The van der Waals surface area contributed by atoms with Gasteiger partial charge >= 0.3 is 17.9 Å². The van der Waals surface area contributed by atoms with Crippen molar-refractivity contribution in [1.82, 2.24) is 0 Å². The van der Waals surface area contributed by atoms with E-state index in [0.717, 1.165) is 24.0 Å². The fourth-order valence-corrected chi connectivity index (χ4v) is 3.52. The molecule has 0 amide bonds. The predicted octanol–water partition coefficient (Wildman–Crippen LogP) is 2.78. The van der Waals surface area contributed by atoms with Crippen molar-refractivity contribution in [3.05, 3.63) is 35.5 Å². The molecule has 160 valence electrons. The quantitative estimate of drug-likeness (QED) is 0.332. The van der Waals surface area contributed by atoms with E-state index in [9.17, 15) is 19.5 Å². The number of hydrogen-bond acceptors (Lipinski definition) is 7. The van der Waals surface area contributed by atoms with E-state index in [4.69, 9.17) is 14.2 Å². The molecule has 1 aliphatic heterocycles. The van der Waals surface area contributed by atoms with Crippen LogP contribution in [0.1, 0.15) is 53.9 Å². The largest absolute Gasteiger partial charge is 0.459 e. The number of esters is 3. The summed E-state index contributed by atoms with van der Waals surface area (Å²) in [6.07, 6.45) is 3.51. The maximum absolute atomic E-state index is 12.8. The lowest BCUT2D eigenvalue weighted by atomic mass is 9.85. The molecule has 7 heteroatoms. The Balaban J connectivity index is 2.34. The summed E-state index contributed by atoms with van der Waals surface area (Å²) in [4.78, 5) is 36.2. The topological polar surface area (TPSA) is 99.1 Å². The Labute approximate surface area is 171 Å². The molecule has 7 nitrogen and oxygen atoms in total. The summed E-state index contributed by atoms with van der Waals surface area (Å²) in [5, 5.41) is 10.6. The van der Waals surface area contributed by atoms with Crippen molar-refractivity contribution < 1.29 is 33.7 Å². The molecule has 2 aliphatic rings. The van der Waals surface area contributed by atoms with Crippen molar-refractivity contribution in [1.29, 1.82) is 0 Å². The van der Waals surface area contributed by atoms with Crippen molar-refractivity contribution >= 4 is 17.9 Å². The molecule has 2 rings (SSSR count). The summed E-state index contributed by atoms with van der Waals surface area (Å²) in [6.45, 7) is 11.6. The van der Waals surface area contributed by atoms with Gasteiger partial charge in [-0.25, -0.2) is 9.59 Å². The van der Waals surface area contributed by atoms with Crippen LogP contribution in [0.15, 0.2) is 35.5 Å². The van der Waals surface area contributed by atoms with Gasteiger partial charge in [-0.15, -0.1) is 0 Å². The first-order valence-electron chi connectivity index (χ1n) is 9.76. The lowest BCUT2D eigenvalue weighted by Crippen LogP contribution is -2.50. The van der Waals surface area contributed by atoms with Crippen LogP contribution in [-0.4, -0.2) is 46.9 Å². The monoisotopic (exact) mass is 406 g/mol. The van der Waals surface area contributed by atoms with Gasteiger partial charge in [-0.1, -0.05) is 23.8 Å². The molecule has 0 aromatic carbocycles. The molecule has 0 saturated carbocycles. The number of hydrogen-bond donors (Lipinski definition) is 1. The van der Waals surface area contributed by atoms with Crippen LogP contribution in [0.2, 0.25) is 0 Å². The minimum atomic E-state index is -2.05. The minimum absolute atomic E-state index is 0.234. The van der Waals surface area contributed by atoms with Crippen LogP contribution in [-0.2, 0) is 28.6 Å². The molecule has 1 aliphatic carbocycles. The molecule has 1 heterocycles. The number of aliphatic hydroxyl groups is 1. The molecule has 29 heavy (non-hydrogen) atoms. The first-order valence-corrected chi connectivity index (χ1v) is 9.76. The highest BCUT2D eigenvalue weighted by atomic mass is 16.6. The van der Waals surface area contributed by atoms with E-state index in [2.05, 4.69) is 12.7 Å². The number of rotatable bonds is 4. The van der Waals surface area contributed by atoms with Gasteiger partial charge in [-0.2, -0.15) is 0 Å². The average molecular weight is 406 g/mol. The molecular weight excluding hydrogens is 376 g/mol. The van der Waals surface area contributed by atoms with Crippen molar-refractivity contribution in [3.63, 3.8) is 0 Å². The highest BCUT2D eigenvalue weighted by molar-refractivity contribution is 5.91. The maximum Gasteiger partial charge on any atom is 0.342 e. The van der Waals surface area contributed by atoms with Gasteiger partial charge in [0.25, 0.3) is 0 Å². The van der Waals surface area contributed by atoms with Crippen molar-refractivity contribution in [3.8, 4) is 0 Å². The number of carbonyl (C=O) groups is 3. The number of allylic oxidation sites excluding steroid dienone is 2. The van der Waals surface area contributed by atoms with Gasteiger partial charge in [0.2, 0.25) is 0 Å². The molecule has 0 unspecified atom stereocenters. The van der Waals surface area contributed by atoms with Gasteiger partial charge in [0.15, 0.2) is 5.60 Å². The first kappa shape index (κ1) is 22.9. The van der Waals surface area contributed by atoms with Crippen LogP contribution >= 0.6 is 0 Å². The Morgan fingerprint density at radius 2 is 2.00 bits per heavy atom. The van der Waals surface area contributed by atoms with E-state index in [1.807, 2.05) is 19.9 Å². The van der Waals surface area contributed by atoms with E-state index < -0.39 is 47.7 Å². The third-order valence-electron chi connectivity index (χ3n) is 5.47. The van der Waals surface area contributed by atoms with Crippen molar-refractivity contribution in [2.24, 2.45) is 5.92 Å². The summed E-state index contributed by atoms with van der Waals surface area (Å²) < 4.78 is 16.1. The third-order valence-corrected chi connectivity index (χ3v) is 5.47. The second-order valence-corrected chi connectivity index (χ2v) is 8.07. The molecule has 1 fully saturated rings. The first-order chi connectivity index (χ1) is 13.4. The Hall–Kier alpha value is -2.41. The van der Waals surface area contributed by atoms with E-state index >= 15 is 0 Å². The SMILES string of the molecule is C=C1C(=O)O[C@H]2/C=C(\C)CC/C=C(/C)C[C@H](OC(=O)[C@@](C)(O)[C@@H](C)OC(C)=O)[C@@H]12. The van der Waals surface area contributed by atoms with Gasteiger partial charge in [0.05, 0.1) is 5.92 Å². The molecular formula is C22H30O7. The van der Waals surface area contributed by atoms with Gasteiger partial charge in [-0.05, 0) is 46.6 Å². The highest BCUT2D eigenvalue weighted by Gasteiger charge is 2.47. The molecule has 1 saturated heterocycles. The fraction of sp³-hybridized carbons (Fsp3) is 0.591. The van der Waals surface area contributed by atoms with E-state index in [0.29, 0.717) is 6.42 Å². The lowest BCUT2D eigenvalue weighted by Gasteiger charge is -2.32. The Kier molecular flexibility index (Phi) is 7.06. The summed E-state index contributed by atoms with van der Waals surface area (Å²) in [7, 11) is 0. The smallest absolute Gasteiger partial charge is 0.342 e. The van der Waals surface area contributed by atoms with Crippen molar-refractivity contribution in [2.75, 3.05) is 0 Å². The molecule has 0 aromatic rings. The number of carbonyl (C=O) groups excluding carboxylic acids is 3. The van der Waals surface area contributed by atoms with E-state index in [-0.39, 0.29) is 5.57 Å². The summed E-state index contributed by atoms with van der Waals surface area (Å²) >= 11 is 0. The molecule has 0 bridgehead atoms. The molecule has 0 radical (unpaired) electrons. The van der Waals surface area contributed by atoms with Gasteiger partial charge in [-0.3, -0.25) is 4.79 Å². The van der Waals surface area contributed by atoms with Crippen LogP contribution in [0.5, 0.6) is 0 Å². The second kappa shape index (κ2) is 8.95. The fourth-order valence-electron chi connectivity index (χ4n) is 3.52. The third kappa shape index (κ3) is 5.35. The highest BCUT2D eigenvalue weighted by Crippen LogP contribution is 2.36. The minimum Gasteiger partial charge on any atom is -0.459 e. The van der Waals surface area contributed by atoms with Crippen LogP contribution < -0.4 is 0 Å². The van der Waals surface area contributed by atoms with Crippen LogP contribution in [0.4, 0.5) is 0 Å². The van der Waals surface area contributed by atoms with E-state index in [1.165, 1.54) is 20.8 Å². The molecule has 5 atom stereocenters. The Morgan fingerprint density at radius 1 is 1.34 bits per heavy atom. The normalized spacial score (nSPS) is 31.7. The van der Waals surface area contributed by atoms with Crippen LogP contribution in [0.3, 0.4) is 0 Å². The van der Waals surface area contributed by atoms with E-state index in [1.54, 1.807) is 0 Å². The zero-order valence-corrected chi connectivity index (χ0v) is 17.7. The molecule has 0 spiro atoms. The summed E-state index contributed by atoms with van der Waals surface area (Å²) in [6, 6.07) is 0. The number of fused-ring (bicyclic) bond motifs is 1.